The minimum absolute atomic E-state index is 0.0558. The lowest BCUT2D eigenvalue weighted by molar-refractivity contribution is -0.151. The van der Waals surface area contributed by atoms with Gasteiger partial charge in [-0.3, -0.25) is 9.59 Å². The third-order valence-corrected chi connectivity index (χ3v) is 6.24. The van der Waals surface area contributed by atoms with Gasteiger partial charge < -0.3 is 29.0 Å². The first-order valence-corrected chi connectivity index (χ1v) is 11.0. The third kappa shape index (κ3) is 4.65. The van der Waals surface area contributed by atoms with Crippen LogP contribution < -0.4 is 14.8 Å². The maximum absolute atomic E-state index is 13.8. The predicted molar refractivity (Wildman–Crippen MR) is 122 cm³/mol. The number of carbonyl (C=O) groups excluding carboxylic acids is 3. The third-order valence-electron chi connectivity index (χ3n) is 6.24. The molecule has 3 rings (SSSR count). The summed E-state index contributed by atoms with van der Waals surface area (Å²) in [6.45, 7) is 3.89. The summed E-state index contributed by atoms with van der Waals surface area (Å²) < 4.78 is 26.3. The van der Waals surface area contributed by atoms with E-state index in [1.807, 2.05) is 6.92 Å². The van der Waals surface area contributed by atoms with Gasteiger partial charge in [-0.25, -0.2) is 4.79 Å². The van der Waals surface area contributed by atoms with Crippen LogP contribution >= 0.6 is 0 Å². The van der Waals surface area contributed by atoms with Crippen molar-refractivity contribution in [3.05, 3.63) is 46.3 Å². The molecule has 1 heterocycles. The van der Waals surface area contributed by atoms with Crippen LogP contribution in [0.1, 0.15) is 31.7 Å². The number of methoxy groups -OCH3 is 4. The summed E-state index contributed by atoms with van der Waals surface area (Å²) in [6, 6.07) is 5.18. The van der Waals surface area contributed by atoms with Crippen molar-refractivity contribution in [2.45, 2.75) is 26.2 Å². The molecule has 3 atom stereocenters. The van der Waals surface area contributed by atoms with Crippen molar-refractivity contribution in [1.29, 1.82) is 0 Å². The number of rotatable bonds is 8. The van der Waals surface area contributed by atoms with E-state index < -0.39 is 23.8 Å². The lowest BCUT2D eigenvalue weighted by Gasteiger charge is -2.38. The summed E-state index contributed by atoms with van der Waals surface area (Å²) >= 11 is 0. The van der Waals surface area contributed by atoms with Crippen molar-refractivity contribution in [3.63, 3.8) is 0 Å². The van der Waals surface area contributed by atoms with Crippen molar-refractivity contribution < 1.29 is 38.1 Å². The Morgan fingerprint density at radius 3 is 2.44 bits per heavy atom. The molecule has 34 heavy (non-hydrogen) atoms. The number of esters is 2. The van der Waals surface area contributed by atoms with Gasteiger partial charge in [-0.05, 0) is 25.3 Å². The Morgan fingerprint density at radius 2 is 1.82 bits per heavy atom. The van der Waals surface area contributed by atoms with Crippen LogP contribution in [0, 0.1) is 11.8 Å². The molecule has 9 heteroatoms. The molecule has 1 aliphatic heterocycles. The fourth-order valence-electron chi connectivity index (χ4n) is 4.61. The number of ether oxygens (including phenoxy) is 5. The first-order valence-electron chi connectivity index (χ1n) is 11.0. The molecule has 0 amide bonds. The Morgan fingerprint density at radius 1 is 1.09 bits per heavy atom. The second-order valence-electron chi connectivity index (χ2n) is 8.27. The Hall–Kier alpha value is -3.33. The topological polar surface area (TPSA) is 109 Å². The van der Waals surface area contributed by atoms with Gasteiger partial charge in [0.15, 0.2) is 5.78 Å². The molecule has 0 aromatic heterocycles. The van der Waals surface area contributed by atoms with E-state index in [2.05, 4.69) is 5.32 Å². The van der Waals surface area contributed by atoms with Gasteiger partial charge in [-0.15, -0.1) is 0 Å². The van der Waals surface area contributed by atoms with E-state index in [1.165, 1.54) is 28.4 Å². The van der Waals surface area contributed by atoms with Crippen LogP contribution in [0.3, 0.4) is 0 Å². The van der Waals surface area contributed by atoms with Gasteiger partial charge in [0.05, 0.1) is 39.4 Å². The predicted octanol–water partition coefficient (Wildman–Crippen LogP) is 2.51. The zero-order valence-corrected chi connectivity index (χ0v) is 20.4. The average Bonchev–Trinajstić information content (AvgIpc) is 2.82. The number of ketones is 1. The molecule has 2 aliphatic rings. The molecule has 0 radical (unpaired) electrons. The molecule has 1 aliphatic carbocycles. The Kier molecular flexibility index (Phi) is 7.98. The molecule has 0 spiro atoms. The Balaban J connectivity index is 2.20. The van der Waals surface area contributed by atoms with Gasteiger partial charge in [0.2, 0.25) is 0 Å². The fraction of sp³-hybridized carbons (Fsp3) is 0.480. The molecule has 0 bridgehead atoms. The summed E-state index contributed by atoms with van der Waals surface area (Å²) in [5.74, 6) is -2.62. The highest BCUT2D eigenvalue weighted by Crippen LogP contribution is 2.48. The molecule has 0 saturated heterocycles. The molecule has 9 nitrogen and oxygen atoms in total. The van der Waals surface area contributed by atoms with E-state index in [9.17, 15) is 14.4 Å². The van der Waals surface area contributed by atoms with E-state index in [0.717, 1.165) is 0 Å². The maximum Gasteiger partial charge on any atom is 0.336 e. The number of benzene rings is 1. The van der Waals surface area contributed by atoms with Gasteiger partial charge in [0, 0.05) is 35.7 Å². The van der Waals surface area contributed by atoms with Gasteiger partial charge in [-0.2, -0.15) is 0 Å². The summed E-state index contributed by atoms with van der Waals surface area (Å²) in [5, 5.41) is 3.23. The van der Waals surface area contributed by atoms with Crippen LogP contribution in [-0.2, 0) is 28.6 Å². The standard InChI is InChI=1S/C25H31NO8/c1-13-11-17-22(23(27)19(13)24(28)33-6)21(16-8-7-15(31-4)12-18(16)32-5)20(14(2)26-17)25(29)34-10-9-30-3/h7-8,12-13,19,21,26H,9-11H2,1-6H3/t13-,19-,21+/m0/s1. The van der Waals surface area contributed by atoms with Gasteiger partial charge in [-0.1, -0.05) is 13.0 Å². The largest absolute Gasteiger partial charge is 0.497 e. The molecular formula is C25H31NO8. The Bertz CT molecular complexity index is 1040. The van der Waals surface area contributed by atoms with E-state index >= 15 is 0 Å². The van der Waals surface area contributed by atoms with Crippen LogP contribution in [0.4, 0.5) is 0 Å². The SMILES string of the molecule is COCCOC(=O)C1=C(C)NC2=C(C(=O)[C@@H](C(=O)OC)[C@@H](C)C2)[C@@H]1c1ccc(OC)cc1OC. The number of allylic oxidation sites excluding steroid dienone is 3. The second kappa shape index (κ2) is 10.7. The Labute approximate surface area is 199 Å². The van der Waals surface area contributed by atoms with E-state index in [-0.39, 0.29) is 30.5 Å². The van der Waals surface area contributed by atoms with Gasteiger partial charge in [0.1, 0.15) is 24.0 Å². The van der Waals surface area contributed by atoms with Gasteiger partial charge >= 0.3 is 11.9 Å². The number of nitrogens with one attached hydrogen (secondary N) is 1. The monoisotopic (exact) mass is 473 g/mol. The smallest absolute Gasteiger partial charge is 0.336 e. The van der Waals surface area contributed by atoms with Crippen LogP contribution in [0.25, 0.3) is 0 Å². The lowest BCUT2D eigenvalue weighted by Crippen LogP contribution is -2.43. The average molecular weight is 474 g/mol. The maximum atomic E-state index is 13.8. The van der Waals surface area contributed by atoms with E-state index in [1.54, 1.807) is 25.1 Å². The number of hydrogen-bond acceptors (Lipinski definition) is 9. The number of hydrogen-bond donors (Lipinski definition) is 1. The lowest BCUT2D eigenvalue weighted by atomic mass is 9.69. The molecule has 0 unspecified atom stereocenters. The normalized spacial score (nSPS) is 22.1. The molecule has 1 aromatic rings. The highest BCUT2D eigenvalue weighted by molar-refractivity contribution is 6.12. The van der Waals surface area contributed by atoms with Crippen molar-refractivity contribution in [2.24, 2.45) is 11.8 Å². The number of carbonyl (C=O) groups is 3. The first kappa shape index (κ1) is 25.3. The minimum Gasteiger partial charge on any atom is -0.497 e. The zero-order valence-electron chi connectivity index (χ0n) is 20.4. The highest BCUT2D eigenvalue weighted by Gasteiger charge is 2.47. The number of Topliss-reactive ketones (excluding diaryl/α,β-unsaturated/α-hetero) is 1. The molecule has 0 fully saturated rings. The van der Waals surface area contributed by atoms with Crippen molar-refractivity contribution in [2.75, 3.05) is 41.7 Å². The van der Waals surface area contributed by atoms with Crippen LogP contribution in [-0.4, -0.2) is 59.4 Å². The molecule has 1 aromatic carbocycles. The summed E-state index contributed by atoms with van der Waals surface area (Å²) in [6.07, 6.45) is 0.444. The summed E-state index contributed by atoms with van der Waals surface area (Å²) in [4.78, 5) is 39.5. The molecule has 0 saturated carbocycles. The zero-order chi connectivity index (χ0) is 25.0. The van der Waals surface area contributed by atoms with Crippen molar-refractivity contribution in [3.8, 4) is 11.5 Å². The van der Waals surface area contributed by atoms with E-state index in [0.29, 0.717) is 40.5 Å². The van der Waals surface area contributed by atoms with Crippen LogP contribution in [0.15, 0.2) is 40.7 Å². The summed E-state index contributed by atoms with van der Waals surface area (Å²) in [7, 11) is 5.81. The fourth-order valence-corrected chi connectivity index (χ4v) is 4.61. The summed E-state index contributed by atoms with van der Waals surface area (Å²) in [5.41, 5.74) is 2.43. The van der Waals surface area contributed by atoms with Crippen LogP contribution in [0.2, 0.25) is 0 Å². The second-order valence-corrected chi connectivity index (χ2v) is 8.27. The quantitative estimate of drug-likeness (QED) is 0.346. The van der Waals surface area contributed by atoms with Crippen LogP contribution in [0.5, 0.6) is 11.5 Å². The minimum atomic E-state index is -0.971. The molecular weight excluding hydrogens is 442 g/mol. The first-order chi connectivity index (χ1) is 16.3. The number of dihydropyridines is 1. The molecule has 1 N–H and O–H groups in total. The van der Waals surface area contributed by atoms with Crippen molar-refractivity contribution >= 4 is 17.7 Å². The highest BCUT2D eigenvalue weighted by atomic mass is 16.6. The van der Waals surface area contributed by atoms with E-state index in [4.69, 9.17) is 23.7 Å². The van der Waals surface area contributed by atoms with Crippen molar-refractivity contribution in [1.82, 2.24) is 5.32 Å². The molecule has 184 valence electrons. The van der Waals surface area contributed by atoms with Gasteiger partial charge in [0.25, 0.3) is 0 Å².